The molecule has 1 aromatic rings. The molecule has 21 heavy (non-hydrogen) atoms. The van der Waals surface area contributed by atoms with Crippen LogP contribution >= 0.6 is 0 Å². The van der Waals surface area contributed by atoms with Gasteiger partial charge in [-0.15, -0.1) is 0 Å². The zero-order chi connectivity index (χ0) is 15.1. The highest BCUT2D eigenvalue weighted by Gasteiger charge is 2.19. The molecule has 0 saturated carbocycles. The van der Waals surface area contributed by atoms with Gasteiger partial charge in [-0.25, -0.2) is 0 Å². The minimum absolute atomic E-state index is 0.0684. The Labute approximate surface area is 127 Å². The summed E-state index contributed by atoms with van der Waals surface area (Å²) >= 11 is 0. The average molecular weight is 293 g/mol. The standard InChI is InChI=1S/C17H27NO3/c1-13(2)18-10-17(21-12-14-8-9-20-11-14)15-4-6-16(19-3)7-5-15/h4-7,13-14,17-18H,8-12H2,1-3H3. The zero-order valence-corrected chi connectivity index (χ0v) is 13.3. The molecule has 0 aromatic heterocycles. The van der Waals surface area contributed by atoms with Crippen molar-refractivity contribution in [3.8, 4) is 5.75 Å². The number of nitrogens with one attached hydrogen (secondary N) is 1. The second-order valence-electron chi connectivity index (χ2n) is 5.89. The molecule has 2 unspecified atom stereocenters. The van der Waals surface area contributed by atoms with Crippen LogP contribution < -0.4 is 10.1 Å². The van der Waals surface area contributed by atoms with Crippen molar-refractivity contribution in [2.45, 2.75) is 32.4 Å². The Morgan fingerprint density at radius 2 is 2.05 bits per heavy atom. The minimum Gasteiger partial charge on any atom is -0.497 e. The molecule has 118 valence electrons. The molecule has 1 heterocycles. The second kappa shape index (κ2) is 8.37. The molecule has 4 heteroatoms. The van der Waals surface area contributed by atoms with Gasteiger partial charge in [0.05, 0.1) is 26.4 Å². The first-order valence-electron chi connectivity index (χ1n) is 7.75. The second-order valence-corrected chi connectivity index (χ2v) is 5.89. The maximum Gasteiger partial charge on any atom is 0.118 e. The number of benzene rings is 1. The van der Waals surface area contributed by atoms with Gasteiger partial charge in [0.2, 0.25) is 0 Å². The van der Waals surface area contributed by atoms with Crippen molar-refractivity contribution in [1.82, 2.24) is 5.32 Å². The Morgan fingerprint density at radius 3 is 2.62 bits per heavy atom. The van der Waals surface area contributed by atoms with Crippen LogP contribution in [-0.2, 0) is 9.47 Å². The van der Waals surface area contributed by atoms with Gasteiger partial charge in [-0.05, 0) is 24.1 Å². The lowest BCUT2D eigenvalue weighted by Gasteiger charge is -2.22. The van der Waals surface area contributed by atoms with Crippen molar-refractivity contribution in [2.75, 3.05) is 33.5 Å². The molecule has 2 rings (SSSR count). The highest BCUT2D eigenvalue weighted by Crippen LogP contribution is 2.23. The lowest BCUT2D eigenvalue weighted by molar-refractivity contribution is 0.0244. The highest BCUT2D eigenvalue weighted by molar-refractivity contribution is 5.28. The van der Waals surface area contributed by atoms with Crippen molar-refractivity contribution in [2.24, 2.45) is 5.92 Å². The van der Waals surface area contributed by atoms with Crippen LogP contribution in [0, 0.1) is 5.92 Å². The molecule has 0 spiro atoms. The van der Waals surface area contributed by atoms with Crippen molar-refractivity contribution in [3.63, 3.8) is 0 Å². The molecule has 1 aliphatic heterocycles. The van der Waals surface area contributed by atoms with Gasteiger partial charge in [0.25, 0.3) is 0 Å². The smallest absolute Gasteiger partial charge is 0.118 e. The lowest BCUT2D eigenvalue weighted by atomic mass is 10.1. The van der Waals surface area contributed by atoms with E-state index in [4.69, 9.17) is 14.2 Å². The third-order valence-corrected chi connectivity index (χ3v) is 3.76. The Hall–Kier alpha value is -1.10. The van der Waals surface area contributed by atoms with Crippen LogP contribution in [0.25, 0.3) is 0 Å². The number of rotatable bonds is 8. The summed E-state index contributed by atoms with van der Waals surface area (Å²) in [6, 6.07) is 8.58. The van der Waals surface area contributed by atoms with E-state index in [0.29, 0.717) is 12.0 Å². The van der Waals surface area contributed by atoms with E-state index in [1.807, 2.05) is 12.1 Å². The fourth-order valence-corrected chi connectivity index (χ4v) is 2.40. The molecule has 1 N–H and O–H groups in total. The molecular weight excluding hydrogens is 266 g/mol. The summed E-state index contributed by atoms with van der Waals surface area (Å²) in [5, 5.41) is 3.46. The summed E-state index contributed by atoms with van der Waals surface area (Å²) in [7, 11) is 1.68. The van der Waals surface area contributed by atoms with Crippen LogP contribution in [0.3, 0.4) is 0 Å². The van der Waals surface area contributed by atoms with Crippen molar-refractivity contribution >= 4 is 0 Å². The summed E-state index contributed by atoms with van der Waals surface area (Å²) in [6.07, 6.45) is 1.17. The van der Waals surface area contributed by atoms with E-state index in [1.165, 1.54) is 5.56 Å². The van der Waals surface area contributed by atoms with E-state index < -0.39 is 0 Å². The lowest BCUT2D eigenvalue weighted by Crippen LogP contribution is -2.30. The van der Waals surface area contributed by atoms with E-state index in [9.17, 15) is 0 Å². The molecule has 4 nitrogen and oxygen atoms in total. The van der Waals surface area contributed by atoms with Gasteiger partial charge in [0.15, 0.2) is 0 Å². The minimum atomic E-state index is 0.0684. The van der Waals surface area contributed by atoms with Crippen LogP contribution in [-0.4, -0.2) is 39.5 Å². The monoisotopic (exact) mass is 293 g/mol. The maximum absolute atomic E-state index is 6.15. The SMILES string of the molecule is COc1ccc(C(CNC(C)C)OCC2CCOC2)cc1. The Balaban J connectivity index is 1.95. The first kappa shape index (κ1) is 16.3. The van der Waals surface area contributed by atoms with Gasteiger partial charge in [0, 0.05) is 25.1 Å². The molecule has 1 fully saturated rings. The van der Waals surface area contributed by atoms with Crippen LogP contribution in [0.5, 0.6) is 5.75 Å². The molecule has 1 saturated heterocycles. The van der Waals surface area contributed by atoms with Gasteiger partial charge in [-0.1, -0.05) is 26.0 Å². The fraction of sp³-hybridized carbons (Fsp3) is 0.647. The summed E-state index contributed by atoms with van der Waals surface area (Å²) in [6.45, 7) is 7.57. The number of ether oxygens (including phenoxy) is 3. The van der Waals surface area contributed by atoms with Crippen LogP contribution in [0.15, 0.2) is 24.3 Å². The topological polar surface area (TPSA) is 39.7 Å². The van der Waals surface area contributed by atoms with E-state index in [2.05, 4.69) is 31.3 Å². The van der Waals surface area contributed by atoms with Crippen molar-refractivity contribution in [3.05, 3.63) is 29.8 Å². The van der Waals surface area contributed by atoms with E-state index in [-0.39, 0.29) is 6.10 Å². The molecule has 0 aliphatic carbocycles. The quantitative estimate of drug-likeness (QED) is 0.800. The molecule has 0 bridgehead atoms. The highest BCUT2D eigenvalue weighted by atomic mass is 16.5. The summed E-state index contributed by atoms with van der Waals surface area (Å²) in [5.41, 5.74) is 1.18. The van der Waals surface area contributed by atoms with Crippen LogP contribution in [0.1, 0.15) is 31.9 Å². The molecule has 1 aliphatic rings. The Bertz CT molecular complexity index is 399. The van der Waals surface area contributed by atoms with Crippen LogP contribution in [0.4, 0.5) is 0 Å². The third kappa shape index (κ3) is 5.30. The number of hydrogen-bond acceptors (Lipinski definition) is 4. The first-order valence-corrected chi connectivity index (χ1v) is 7.75. The first-order chi connectivity index (χ1) is 10.2. The van der Waals surface area contributed by atoms with Crippen molar-refractivity contribution < 1.29 is 14.2 Å². The van der Waals surface area contributed by atoms with E-state index in [1.54, 1.807) is 7.11 Å². The Kier molecular flexibility index (Phi) is 6.49. The number of methoxy groups -OCH3 is 1. The summed E-state index contributed by atoms with van der Waals surface area (Å²) in [5.74, 6) is 1.41. The third-order valence-electron chi connectivity index (χ3n) is 3.76. The number of hydrogen-bond donors (Lipinski definition) is 1. The van der Waals surface area contributed by atoms with Gasteiger partial charge < -0.3 is 19.5 Å². The van der Waals surface area contributed by atoms with E-state index in [0.717, 1.165) is 38.5 Å². The summed E-state index contributed by atoms with van der Waals surface area (Å²) < 4.78 is 16.8. The zero-order valence-electron chi connectivity index (χ0n) is 13.3. The predicted molar refractivity (Wildman–Crippen MR) is 83.8 cm³/mol. The average Bonchev–Trinajstić information content (AvgIpc) is 3.01. The normalized spacial score (nSPS) is 19.9. The molecular formula is C17H27NO3. The maximum atomic E-state index is 6.15. The fourth-order valence-electron chi connectivity index (χ4n) is 2.40. The Morgan fingerprint density at radius 1 is 1.29 bits per heavy atom. The van der Waals surface area contributed by atoms with Crippen molar-refractivity contribution in [1.29, 1.82) is 0 Å². The van der Waals surface area contributed by atoms with Gasteiger partial charge in [-0.3, -0.25) is 0 Å². The predicted octanol–water partition coefficient (Wildman–Crippen LogP) is 2.79. The molecule has 0 amide bonds. The molecule has 2 atom stereocenters. The summed E-state index contributed by atoms with van der Waals surface area (Å²) in [4.78, 5) is 0. The van der Waals surface area contributed by atoms with E-state index >= 15 is 0 Å². The van der Waals surface area contributed by atoms with Gasteiger partial charge in [0.1, 0.15) is 5.75 Å². The largest absolute Gasteiger partial charge is 0.497 e. The molecule has 0 radical (unpaired) electrons. The van der Waals surface area contributed by atoms with Gasteiger partial charge >= 0.3 is 0 Å². The van der Waals surface area contributed by atoms with Gasteiger partial charge in [-0.2, -0.15) is 0 Å². The van der Waals surface area contributed by atoms with Crippen LogP contribution in [0.2, 0.25) is 0 Å². The molecule has 1 aromatic carbocycles.